The number of nitrogens with one attached hydrogen (secondary N) is 1. The summed E-state index contributed by atoms with van der Waals surface area (Å²) in [6.45, 7) is 0. The number of rotatable bonds is 0. The zero-order valence-corrected chi connectivity index (χ0v) is 6.44. The fourth-order valence-electron chi connectivity index (χ4n) is 0.730. The molecule has 1 rings (SSSR count). The Bertz CT molecular complexity index is 259. The summed E-state index contributed by atoms with van der Waals surface area (Å²) < 4.78 is 35.8. The molecule has 1 aromatic carbocycles. The van der Waals surface area contributed by atoms with Gasteiger partial charge < -0.3 is 5.73 Å². The van der Waals surface area contributed by atoms with E-state index in [0.717, 1.165) is 12.1 Å². The summed E-state index contributed by atoms with van der Waals surface area (Å²) in [6, 6.07) is 4.67. The van der Waals surface area contributed by atoms with Crippen LogP contribution >= 0.6 is 0 Å². The van der Waals surface area contributed by atoms with Crippen LogP contribution in [0.2, 0.25) is 0 Å². The number of benzene rings is 1. The van der Waals surface area contributed by atoms with Gasteiger partial charge in [0.05, 0.1) is 0 Å². The molecule has 0 aromatic heterocycles. The second-order valence-electron chi connectivity index (χ2n) is 2.04. The monoisotopic (exact) mass is 167 g/mol. The first-order chi connectivity index (χ1) is 5.02. The van der Waals surface area contributed by atoms with Crippen LogP contribution in [-0.4, -0.2) is 0 Å². The van der Waals surface area contributed by atoms with Crippen LogP contribution in [0.25, 0.3) is 5.73 Å². The Labute approximate surface area is 79.9 Å². The first kappa shape index (κ1) is 11.4. The maximum Gasteiger partial charge on any atom is 1.00 e. The largest absolute Gasteiger partial charge is 1.00 e. The van der Waals surface area contributed by atoms with Gasteiger partial charge >= 0.3 is 25.0 Å². The molecule has 0 radical (unpaired) electrons. The molecule has 12 heavy (non-hydrogen) atoms. The Morgan fingerprint density at radius 3 is 1.92 bits per heavy atom. The van der Waals surface area contributed by atoms with Gasteiger partial charge in [-0.25, -0.2) is 0 Å². The zero-order valence-electron chi connectivity index (χ0n) is 6.44. The van der Waals surface area contributed by atoms with Crippen molar-refractivity contribution in [1.82, 2.24) is 0 Å². The van der Waals surface area contributed by atoms with Crippen LogP contribution in [0.4, 0.5) is 18.9 Å². The minimum Gasteiger partial charge on any atom is -0.698 e. The molecule has 0 bridgehead atoms. The van der Waals surface area contributed by atoms with Crippen molar-refractivity contribution < 1.29 is 32.0 Å². The maximum atomic E-state index is 11.9. The van der Waals surface area contributed by atoms with E-state index in [4.69, 9.17) is 5.73 Å². The van der Waals surface area contributed by atoms with Gasteiger partial charge in [0, 0.05) is 5.56 Å². The molecule has 5 heteroatoms. The Balaban J connectivity index is 0.00000121. The van der Waals surface area contributed by atoms with E-state index >= 15 is 0 Å². The van der Waals surface area contributed by atoms with Crippen LogP contribution < -0.4 is 18.9 Å². The molecule has 0 saturated carbocycles. The third-order valence-electron chi connectivity index (χ3n) is 1.23. The van der Waals surface area contributed by atoms with Crippen molar-refractivity contribution in [1.29, 1.82) is 0 Å². The second-order valence-corrected chi connectivity index (χ2v) is 2.04. The van der Waals surface area contributed by atoms with Gasteiger partial charge in [0.25, 0.3) is 0 Å². The third kappa shape index (κ3) is 2.47. The molecule has 0 saturated heterocycles. The summed E-state index contributed by atoms with van der Waals surface area (Å²) in [6.07, 6.45) is -4.40. The molecule has 0 aliphatic heterocycles. The Morgan fingerprint density at radius 1 is 1.08 bits per heavy atom. The van der Waals surface area contributed by atoms with Crippen LogP contribution in [0.15, 0.2) is 24.3 Å². The number of hydrogen-bond acceptors (Lipinski definition) is 0. The molecule has 60 valence electrons. The van der Waals surface area contributed by atoms with Crippen molar-refractivity contribution >= 4 is 5.69 Å². The van der Waals surface area contributed by atoms with E-state index in [2.05, 4.69) is 0 Å². The number of alkyl halides is 3. The Kier molecular flexibility index (Phi) is 3.69. The molecule has 0 aliphatic carbocycles. The normalized spacial score (nSPS) is 10.6. The van der Waals surface area contributed by atoms with Crippen LogP contribution in [0.1, 0.15) is 5.56 Å². The molecule has 0 unspecified atom stereocenters. The average Bonchev–Trinajstić information content (AvgIpc) is 1.86. The van der Waals surface area contributed by atoms with E-state index in [1.807, 2.05) is 0 Å². The topological polar surface area (TPSA) is 23.8 Å². The summed E-state index contributed by atoms with van der Waals surface area (Å²) in [5, 5.41) is 0. The predicted octanol–water partition coefficient (Wildman–Crippen LogP) is 0.393. The average molecular weight is 167 g/mol. The molecule has 0 amide bonds. The molecular formula is C7H5F3LiN. The minimum atomic E-state index is -4.40. The van der Waals surface area contributed by atoms with Gasteiger partial charge in [-0.3, -0.25) is 0 Å². The van der Waals surface area contributed by atoms with Gasteiger partial charge in [-0.2, -0.15) is 13.2 Å². The van der Waals surface area contributed by atoms with Gasteiger partial charge in [-0.15, -0.1) is 5.69 Å². The second kappa shape index (κ2) is 3.88. The number of halogens is 3. The molecule has 0 heterocycles. The predicted molar refractivity (Wildman–Crippen MR) is 35.4 cm³/mol. The van der Waals surface area contributed by atoms with Gasteiger partial charge in [0.15, 0.2) is 0 Å². The smallest absolute Gasteiger partial charge is 0.698 e. The summed E-state index contributed by atoms with van der Waals surface area (Å²) in [4.78, 5) is 0. The van der Waals surface area contributed by atoms with Crippen molar-refractivity contribution in [3.8, 4) is 0 Å². The third-order valence-corrected chi connectivity index (χ3v) is 1.23. The molecule has 0 atom stereocenters. The molecule has 0 fully saturated rings. The molecule has 1 aromatic rings. The van der Waals surface area contributed by atoms with Crippen LogP contribution in [0.3, 0.4) is 0 Å². The fourth-order valence-corrected chi connectivity index (χ4v) is 0.730. The van der Waals surface area contributed by atoms with Gasteiger partial charge in [-0.1, -0.05) is 24.3 Å². The first-order valence-electron chi connectivity index (χ1n) is 2.89. The van der Waals surface area contributed by atoms with Crippen LogP contribution in [-0.2, 0) is 6.18 Å². The fraction of sp³-hybridized carbons (Fsp3) is 0.143. The Hall–Kier alpha value is -0.593. The minimum absolute atomic E-state index is 0. The van der Waals surface area contributed by atoms with E-state index in [0.29, 0.717) is 0 Å². The first-order valence-corrected chi connectivity index (χ1v) is 2.89. The van der Waals surface area contributed by atoms with Crippen molar-refractivity contribution in [3.63, 3.8) is 0 Å². The molecule has 1 N–H and O–H groups in total. The van der Waals surface area contributed by atoms with E-state index in [-0.39, 0.29) is 18.9 Å². The number of hydrogen-bond donors (Lipinski definition) is 0. The quantitative estimate of drug-likeness (QED) is 0.499. The van der Waals surface area contributed by atoms with Crippen LogP contribution in [0.5, 0.6) is 0 Å². The van der Waals surface area contributed by atoms with E-state index in [1.165, 1.54) is 12.1 Å². The molecule has 0 aliphatic rings. The molecular weight excluding hydrogens is 162 g/mol. The van der Waals surface area contributed by atoms with Gasteiger partial charge in [0.1, 0.15) is 0 Å². The molecule has 1 nitrogen and oxygen atoms in total. The maximum absolute atomic E-state index is 11.9. The van der Waals surface area contributed by atoms with Crippen LogP contribution in [0, 0.1) is 0 Å². The summed E-state index contributed by atoms with van der Waals surface area (Å²) in [5.41, 5.74) is 5.53. The van der Waals surface area contributed by atoms with Gasteiger partial charge in [-0.05, 0) is 0 Å². The summed E-state index contributed by atoms with van der Waals surface area (Å²) in [7, 11) is 0. The SMILES string of the molecule is [Li+].[NH-]c1ccccc1C(F)(F)F. The summed E-state index contributed by atoms with van der Waals surface area (Å²) in [5.74, 6) is 0. The van der Waals surface area contributed by atoms with E-state index in [1.54, 1.807) is 0 Å². The van der Waals surface area contributed by atoms with Crippen molar-refractivity contribution in [3.05, 3.63) is 35.6 Å². The molecule has 0 spiro atoms. The van der Waals surface area contributed by atoms with Gasteiger partial charge in [0.2, 0.25) is 0 Å². The van der Waals surface area contributed by atoms with E-state index in [9.17, 15) is 13.2 Å². The summed E-state index contributed by atoms with van der Waals surface area (Å²) >= 11 is 0. The Morgan fingerprint density at radius 2 is 1.58 bits per heavy atom. The van der Waals surface area contributed by atoms with Crippen molar-refractivity contribution in [2.45, 2.75) is 6.18 Å². The van der Waals surface area contributed by atoms with Crippen molar-refractivity contribution in [2.75, 3.05) is 0 Å². The standard InChI is InChI=1S/C7H5F3N.Li/c8-7(9,10)5-3-1-2-4-6(5)11;/h1-4,11H;/q-1;+1. The van der Waals surface area contributed by atoms with E-state index < -0.39 is 17.4 Å². The van der Waals surface area contributed by atoms with Crippen molar-refractivity contribution in [2.24, 2.45) is 0 Å². The zero-order chi connectivity index (χ0) is 8.48.